The fourth-order valence-corrected chi connectivity index (χ4v) is 3.80. The Balaban J connectivity index is 1.40. The van der Waals surface area contributed by atoms with Crippen LogP contribution in [0.5, 0.6) is 0 Å². The highest BCUT2D eigenvalue weighted by molar-refractivity contribution is 5.83. The van der Waals surface area contributed by atoms with Crippen LogP contribution in [0.1, 0.15) is 68.1 Å². The molecule has 2 fully saturated rings. The topological polar surface area (TPSA) is 59.2 Å². The van der Waals surface area contributed by atoms with Gasteiger partial charge in [-0.15, -0.1) is 0 Å². The Hall–Kier alpha value is -2.17. The number of piperidine rings is 1. The molecule has 0 N–H and O–H groups in total. The van der Waals surface area contributed by atoms with Gasteiger partial charge in [-0.3, -0.25) is 4.79 Å². The van der Waals surface area contributed by atoms with Gasteiger partial charge in [-0.05, 0) is 30.7 Å². The number of amides is 1. The molecule has 1 aromatic carbocycles. The number of likely N-dealkylation sites (tertiary alicyclic amines) is 1. The van der Waals surface area contributed by atoms with Crippen LogP contribution in [0.2, 0.25) is 0 Å². The molecule has 1 saturated carbocycles. The van der Waals surface area contributed by atoms with Crippen LogP contribution < -0.4 is 0 Å². The maximum absolute atomic E-state index is 12.9. The van der Waals surface area contributed by atoms with Crippen LogP contribution in [0, 0.1) is 5.92 Å². The second kappa shape index (κ2) is 6.62. The summed E-state index contributed by atoms with van der Waals surface area (Å²) in [6.07, 6.45) is 2.98. The maximum atomic E-state index is 12.9. The first-order valence-corrected chi connectivity index (χ1v) is 9.30. The molecule has 0 unspecified atom stereocenters. The van der Waals surface area contributed by atoms with Crippen molar-refractivity contribution in [1.29, 1.82) is 0 Å². The van der Waals surface area contributed by atoms with Gasteiger partial charge in [0.05, 0.1) is 5.92 Å². The largest absolute Gasteiger partial charge is 0.342 e. The number of nitrogens with zero attached hydrogens (tertiary/aromatic N) is 3. The van der Waals surface area contributed by atoms with Gasteiger partial charge in [0.1, 0.15) is 0 Å². The van der Waals surface area contributed by atoms with Crippen LogP contribution in [0.3, 0.4) is 0 Å². The van der Waals surface area contributed by atoms with Gasteiger partial charge < -0.3 is 9.42 Å². The third kappa shape index (κ3) is 3.32. The lowest BCUT2D eigenvalue weighted by atomic mass is 9.97. The van der Waals surface area contributed by atoms with Crippen molar-refractivity contribution in [2.45, 2.75) is 50.9 Å². The Morgan fingerprint density at radius 1 is 1.28 bits per heavy atom. The van der Waals surface area contributed by atoms with E-state index in [1.165, 1.54) is 5.56 Å². The minimum atomic E-state index is 0.148. The van der Waals surface area contributed by atoms with Crippen LogP contribution in [-0.4, -0.2) is 34.0 Å². The molecule has 1 aliphatic carbocycles. The standard InChI is InChI=1S/C20H25N3O2/c1-13(2)18-21-19(25-22-18)15-9-6-10-23(12-15)20(24)17-11-16(17)14-7-4-3-5-8-14/h3-5,7-8,13,15-17H,6,9-12H2,1-2H3/t15-,16-,17+/m1/s1. The monoisotopic (exact) mass is 339 g/mol. The van der Waals surface area contributed by atoms with E-state index in [1.807, 2.05) is 23.1 Å². The van der Waals surface area contributed by atoms with Gasteiger partial charge in [-0.2, -0.15) is 4.98 Å². The van der Waals surface area contributed by atoms with E-state index in [0.717, 1.165) is 31.6 Å². The summed E-state index contributed by atoms with van der Waals surface area (Å²) in [4.78, 5) is 19.4. The molecule has 0 radical (unpaired) electrons. The van der Waals surface area contributed by atoms with Gasteiger partial charge in [0, 0.05) is 24.9 Å². The zero-order chi connectivity index (χ0) is 17.4. The third-order valence-electron chi connectivity index (χ3n) is 5.39. The Bertz CT molecular complexity index is 740. The van der Waals surface area contributed by atoms with Gasteiger partial charge in [-0.25, -0.2) is 0 Å². The van der Waals surface area contributed by atoms with Gasteiger partial charge in [0.2, 0.25) is 11.8 Å². The zero-order valence-electron chi connectivity index (χ0n) is 14.9. The van der Waals surface area contributed by atoms with Gasteiger partial charge in [0.25, 0.3) is 0 Å². The highest BCUT2D eigenvalue weighted by Crippen LogP contribution is 2.48. The second-order valence-corrected chi connectivity index (χ2v) is 7.63. The molecule has 1 aliphatic heterocycles. The Morgan fingerprint density at radius 3 is 2.80 bits per heavy atom. The minimum absolute atomic E-state index is 0.148. The SMILES string of the molecule is CC(C)c1noc([C@@H]2CCCN(C(=O)[C@H]3C[C@@H]3c3ccccc3)C2)n1. The fourth-order valence-electron chi connectivity index (χ4n) is 3.80. The first kappa shape index (κ1) is 16.3. The Kier molecular flexibility index (Phi) is 4.32. The molecule has 3 atom stereocenters. The lowest BCUT2D eigenvalue weighted by Gasteiger charge is -2.31. The summed E-state index contributed by atoms with van der Waals surface area (Å²) >= 11 is 0. The number of carbonyl (C=O) groups excluding carboxylic acids is 1. The normalized spacial score (nSPS) is 26.0. The minimum Gasteiger partial charge on any atom is -0.342 e. The Morgan fingerprint density at radius 2 is 2.08 bits per heavy atom. The third-order valence-corrected chi connectivity index (χ3v) is 5.39. The molecular formula is C20H25N3O2. The van der Waals surface area contributed by atoms with Crippen molar-refractivity contribution >= 4 is 5.91 Å². The maximum Gasteiger partial charge on any atom is 0.231 e. The molecule has 4 rings (SSSR count). The molecule has 1 amide bonds. The van der Waals surface area contributed by atoms with E-state index >= 15 is 0 Å². The first-order valence-electron chi connectivity index (χ1n) is 9.30. The molecule has 5 nitrogen and oxygen atoms in total. The smallest absolute Gasteiger partial charge is 0.231 e. The second-order valence-electron chi connectivity index (χ2n) is 7.63. The summed E-state index contributed by atoms with van der Waals surface area (Å²) in [7, 11) is 0. The van der Waals surface area contributed by atoms with E-state index in [4.69, 9.17) is 4.52 Å². The summed E-state index contributed by atoms with van der Waals surface area (Å²) in [6, 6.07) is 10.4. The van der Waals surface area contributed by atoms with Crippen LogP contribution in [0.15, 0.2) is 34.9 Å². The quantitative estimate of drug-likeness (QED) is 0.852. The number of rotatable bonds is 4. The fraction of sp³-hybridized carbons (Fsp3) is 0.550. The summed E-state index contributed by atoms with van der Waals surface area (Å²) in [5, 5.41) is 4.07. The number of carbonyl (C=O) groups is 1. The van der Waals surface area contributed by atoms with Crippen LogP contribution >= 0.6 is 0 Å². The van der Waals surface area contributed by atoms with Crippen molar-refractivity contribution in [3.8, 4) is 0 Å². The molecule has 2 aliphatic rings. The molecule has 0 spiro atoms. The molecule has 1 aromatic heterocycles. The number of hydrogen-bond acceptors (Lipinski definition) is 4. The van der Waals surface area contributed by atoms with E-state index < -0.39 is 0 Å². The number of aromatic nitrogens is 2. The van der Waals surface area contributed by atoms with Crippen molar-refractivity contribution in [3.05, 3.63) is 47.6 Å². The van der Waals surface area contributed by atoms with E-state index in [1.54, 1.807) is 0 Å². The van der Waals surface area contributed by atoms with Crippen LogP contribution in [-0.2, 0) is 4.79 Å². The highest BCUT2D eigenvalue weighted by Gasteiger charge is 2.46. The summed E-state index contributed by atoms with van der Waals surface area (Å²) in [5.41, 5.74) is 1.29. The van der Waals surface area contributed by atoms with E-state index in [2.05, 4.69) is 36.1 Å². The summed E-state index contributed by atoms with van der Waals surface area (Å²) in [6.45, 7) is 5.67. The number of hydrogen-bond donors (Lipinski definition) is 0. The molecule has 132 valence electrons. The summed E-state index contributed by atoms with van der Waals surface area (Å²) < 4.78 is 5.46. The van der Waals surface area contributed by atoms with Gasteiger partial charge in [-0.1, -0.05) is 49.3 Å². The van der Waals surface area contributed by atoms with Gasteiger partial charge >= 0.3 is 0 Å². The van der Waals surface area contributed by atoms with Crippen molar-refractivity contribution < 1.29 is 9.32 Å². The number of benzene rings is 1. The van der Waals surface area contributed by atoms with Crippen molar-refractivity contribution in [3.63, 3.8) is 0 Å². The molecule has 25 heavy (non-hydrogen) atoms. The zero-order valence-corrected chi connectivity index (χ0v) is 14.9. The average molecular weight is 339 g/mol. The molecule has 2 aromatic rings. The predicted octanol–water partition coefficient (Wildman–Crippen LogP) is 3.70. The molecule has 1 saturated heterocycles. The van der Waals surface area contributed by atoms with Crippen molar-refractivity contribution in [1.82, 2.24) is 15.0 Å². The Labute approximate surface area is 148 Å². The molecule has 0 bridgehead atoms. The lowest BCUT2D eigenvalue weighted by Crippen LogP contribution is -2.40. The average Bonchev–Trinajstić information content (AvgIpc) is 3.29. The van der Waals surface area contributed by atoms with Crippen LogP contribution in [0.25, 0.3) is 0 Å². The predicted molar refractivity (Wildman–Crippen MR) is 94.2 cm³/mol. The molecular weight excluding hydrogens is 314 g/mol. The van der Waals surface area contributed by atoms with E-state index in [9.17, 15) is 4.79 Å². The molecule has 5 heteroatoms. The van der Waals surface area contributed by atoms with Crippen molar-refractivity contribution in [2.24, 2.45) is 5.92 Å². The first-order chi connectivity index (χ1) is 12.1. The van der Waals surface area contributed by atoms with Crippen LogP contribution in [0.4, 0.5) is 0 Å². The van der Waals surface area contributed by atoms with Crippen molar-refractivity contribution in [2.75, 3.05) is 13.1 Å². The summed E-state index contributed by atoms with van der Waals surface area (Å²) in [5.74, 6) is 2.71. The molecule has 2 heterocycles. The highest BCUT2D eigenvalue weighted by atomic mass is 16.5. The lowest BCUT2D eigenvalue weighted by molar-refractivity contribution is -0.134. The van der Waals surface area contributed by atoms with E-state index in [0.29, 0.717) is 24.3 Å². The van der Waals surface area contributed by atoms with E-state index in [-0.39, 0.29) is 17.8 Å². The van der Waals surface area contributed by atoms with Gasteiger partial charge in [0.15, 0.2) is 5.82 Å².